The van der Waals surface area contributed by atoms with Crippen LogP contribution >= 0.6 is 23.2 Å². The van der Waals surface area contributed by atoms with Crippen molar-refractivity contribution in [2.45, 2.75) is 4.90 Å². The molecule has 10 nitrogen and oxygen atoms in total. The lowest BCUT2D eigenvalue weighted by Crippen LogP contribution is -2.23. The molecule has 2 aromatic carbocycles. The van der Waals surface area contributed by atoms with Crippen LogP contribution in [-0.2, 0) is 19.6 Å². The number of nitrogens with one attached hydrogen (secondary N) is 1. The molecule has 0 saturated heterocycles. The van der Waals surface area contributed by atoms with Crippen LogP contribution in [-0.4, -0.2) is 50.2 Å². The van der Waals surface area contributed by atoms with Gasteiger partial charge in [-0.3, -0.25) is 14.9 Å². The van der Waals surface area contributed by atoms with Gasteiger partial charge in [0.05, 0.1) is 31.1 Å². The molecule has 160 valence electrons. The molecule has 0 aliphatic rings. The lowest BCUT2D eigenvalue weighted by Gasteiger charge is -2.13. The van der Waals surface area contributed by atoms with Crippen LogP contribution in [0.1, 0.15) is 10.4 Å². The smallest absolute Gasteiger partial charge is 0.340 e. The molecular weight excluding hydrogens is 461 g/mol. The number of carbonyl (C=O) groups excluding carboxylic acids is 2. The highest BCUT2D eigenvalue weighted by Crippen LogP contribution is 2.27. The summed E-state index contributed by atoms with van der Waals surface area (Å²) in [6.07, 6.45) is 0. The number of hydrogen-bond donors (Lipinski definition) is 1. The molecule has 0 aliphatic carbocycles. The highest BCUT2D eigenvalue weighted by atomic mass is 35.5. The summed E-state index contributed by atoms with van der Waals surface area (Å²) < 4.78 is 30.2. The molecule has 1 amide bonds. The van der Waals surface area contributed by atoms with Crippen LogP contribution < -0.4 is 5.32 Å². The predicted octanol–water partition coefficient (Wildman–Crippen LogP) is 2.95. The maximum atomic E-state index is 12.3. The van der Waals surface area contributed by atoms with Gasteiger partial charge in [-0.2, -0.15) is 0 Å². The van der Waals surface area contributed by atoms with Crippen molar-refractivity contribution in [2.75, 3.05) is 26.0 Å². The van der Waals surface area contributed by atoms with Gasteiger partial charge in [0.15, 0.2) is 6.61 Å². The number of carbonyl (C=O) groups is 2. The van der Waals surface area contributed by atoms with Crippen molar-refractivity contribution in [3.63, 3.8) is 0 Å². The van der Waals surface area contributed by atoms with E-state index in [1.165, 1.54) is 32.3 Å². The number of amides is 1. The summed E-state index contributed by atoms with van der Waals surface area (Å²) in [5.41, 5.74) is -0.581. The normalized spacial score (nSPS) is 11.2. The molecule has 2 rings (SSSR count). The molecule has 0 radical (unpaired) electrons. The summed E-state index contributed by atoms with van der Waals surface area (Å²) in [5, 5.41) is 13.1. The third-order valence-corrected chi connectivity index (χ3v) is 6.18. The second-order valence-corrected chi connectivity index (χ2v) is 8.94. The lowest BCUT2D eigenvalue weighted by atomic mass is 10.2. The Bertz CT molecular complexity index is 1120. The zero-order valence-electron chi connectivity index (χ0n) is 15.6. The summed E-state index contributed by atoms with van der Waals surface area (Å²) in [5.74, 6) is -1.85. The number of ether oxygens (including phenoxy) is 1. The zero-order chi connectivity index (χ0) is 22.6. The fourth-order valence-corrected chi connectivity index (χ4v) is 3.44. The number of rotatable bonds is 7. The molecule has 0 fully saturated rings. The molecule has 0 saturated carbocycles. The summed E-state index contributed by atoms with van der Waals surface area (Å²) >= 11 is 11.8. The van der Waals surface area contributed by atoms with Crippen LogP contribution in [0.4, 0.5) is 11.4 Å². The second kappa shape index (κ2) is 9.39. The van der Waals surface area contributed by atoms with Gasteiger partial charge in [-0.15, -0.1) is 0 Å². The summed E-state index contributed by atoms with van der Waals surface area (Å²) in [6, 6.07) is 6.93. The van der Waals surface area contributed by atoms with Gasteiger partial charge in [0.25, 0.3) is 11.6 Å². The van der Waals surface area contributed by atoms with E-state index in [-0.39, 0.29) is 31.9 Å². The Morgan fingerprint density at radius 1 is 1.13 bits per heavy atom. The van der Waals surface area contributed by atoms with Gasteiger partial charge in [-0.05, 0) is 24.3 Å². The fourth-order valence-electron chi connectivity index (χ4n) is 2.15. The molecule has 2 aromatic rings. The average molecular weight is 476 g/mol. The van der Waals surface area contributed by atoms with Crippen molar-refractivity contribution in [3.8, 4) is 0 Å². The van der Waals surface area contributed by atoms with Crippen LogP contribution in [0.3, 0.4) is 0 Å². The fraction of sp³-hybridized carbons (Fsp3) is 0.176. The number of sulfonamides is 1. The van der Waals surface area contributed by atoms with E-state index in [4.69, 9.17) is 27.9 Å². The Hall–Kier alpha value is -2.73. The van der Waals surface area contributed by atoms with E-state index in [9.17, 15) is 28.1 Å². The van der Waals surface area contributed by atoms with Gasteiger partial charge >= 0.3 is 5.97 Å². The molecule has 0 aromatic heterocycles. The molecule has 1 N–H and O–H groups in total. The summed E-state index contributed by atoms with van der Waals surface area (Å²) in [7, 11) is -1.17. The number of nitrogens with zero attached hydrogens (tertiary/aromatic N) is 2. The van der Waals surface area contributed by atoms with Crippen LogP contribution in [0.25, 0.3) is 0 Å². The van der Waals surface area contributed by atoms with Crippen molar-refractivity contribution >= 4 is 56.5 Å². The van der Waals surface area contributed by atoms with E-state index in [1.54, 1.807) is 0 Å². The van der Waals surface area contributed by atoms with Crippen LogP contribution in [0.5, 0.6) is 0 Å². The van der Waals surface area contributed by atoms with E-state index in [0.29, 0.717) is 0 Å². The van der Waals surface area contributed by atoms with E-state index in [0.717, 1.165) is 22.5 Å². The first-order valence-corrected chi connectivity index (χ1v) is 10.3. The van der Waals surface area contributed by atoms with Gasteiger partial charge < -0.3 is 10.1 Å². The quantitative estimate of drug-likeness (QED) is 0.369. The van der Waals surface area contributed by atoms with Gasteiger partial charge in [0, 0.05) is 26.2 Å². The van der Waals surface area contributed by atoms with Crippen molar-refractivity contribution in [3.05, 3.63) is 62.1 Å². The molecule has 0 spiro atoms. The number of nitro benzene ring substituents is 1. The zero-order valence-corrected chi connectivity index (χ0v) is 17.9. The molecule has 30 heavy (non-hydrogen) atoms. The second-order valence-electron chi connectivity index (χ2n) is 5.97. The van der Waals surface area contributed by atoms with Crippen LogP contribution in [0, 0.1) is 10.1 Å². The molecular formula is C17H15Cl2N3O7S. The number of esters is 1. The van der Waals surface area contributed by atoms with E-state index in [2.05, 4.69) is 5.32 Å². The number of hydrogen-bond acceptors (Lipinski definition) is 7. The third-order valence-electron chi connectivity index (χ3n) is 3.71. The van der Waals surface area contributed by atoms with Crippen molar-refractivity contribution < 1.29 is 27.7 Å². The molecule has 0 aliphatic heterocycles. The van der Waals surface area contributed by atoms with Crippen molar-refractivity contribution in [2.24, 2.45) is 0 Å². The topological polar surface area (TPSA) is 136 Å². The highest BCUT2D eigenvalue weighted by Gasteiger charge is 2.22. The van der Waals surface area contributed by atoms with Gasteiger partial charge in [0.2, 0.25) is 10.0 Å². The van der Waals surface area contributed by atoms with E-state index in [1.807, 2.05) is 0 Å². The van der Waals surface area contributed by atoms with Crippen molar-refractivity contribution in [1.29, 1.82) is 0 Å². The SMILES string of the molecule is CN(C)S(=O)(=O)c1ccc(Cl)c(C(=O)OCC(=O)Nc2cc([N+](=O)[O-])ccc2Cl)c1. The minimum absolute atomic E-state index is 0.0379. The van der Waals surface area contributed by atoms with Gasteiger partial charge in [0.1, 0.15) is 0 Å². The third kappa shape index (κ3) is 5.45. The van der Waals surface area contributed by atoms with E-state index >= 15 is 0 Å². The monoisotopic (exact) mass is 475 g/mol. The number of benzene rings is 2. The minimum atomic E-state index is -3.82. The molecule has 0 atom stereocenters. The first-order chi connectivity index (χ1) is 13.9. The lowest BCUT2D eigenvalue weighted by molar-refractivity contribution is -0.384. The van der Waals surface area contributed by atoms with Gasteiger partial charge in [-0.25, -0.2) is 17.5 Å². The number of halogens is 2. The molecule has 13 heteroatoms. The Morgan fingerprint density at radius 2 is 1.77 bits per heavy atom. The molecule has 0 heterocycles. The maximum Gasteiger partial charge on any atom is 0.340 e. The predicted molar refractivity (Wildman–Crippen MR) is 109 cm³/mol. The summed E-state index contributed by atoms with van der Waals surface area (Å²) in [4.78, 5) is 34.3. The number of anilines is 1. The van der Waals surface area contributed by atoms with Crippen molar-refractivity contribution in [1.82, 2.24) is 4.31 Å². The Labute approximate surface area is 181 Å². The Balaban J connectivity index is 2.12. The summed E-state index contributed by atoms with van der Waals surface area (Å²) in [6.45, 7) is -0.765. The Morgan fingerprint density at radius 3 is 2.37 bits per heavy atom. The maximum absolute atomic E-state index is 12.3. The average Bonchev–Trinajstić information content (AvgIpc) is 2.67. The standard InChI is InChI=1S/C17H15Cl2N3O7S/c1-21(2)30(27,28)11-4-6-13(18)12(8-11)17(24)29-9-16(23)20-15-7-10(22(25)26)3-5-14(15)19/h3-8H,9H2,1-2H3,(H,20,23). The molecule has 0 bridgehead atoms. The first-order valence-electron chi connectivity index (χ1n) is 8.06. The highest BCUT2D eigenvalue weighted by molar-refractivity contribution is 7.89. The minimum Gasteiger partial charge on any atom is -0.452 e. The van der Waals surface area contributed by atoms with Crippen LogP contribution in [0.2, 0.25) is 10.0 Å². The first kappa shape index (κ1) is 23.5. The number of non-ortho nitro benzene ring substituents is 1. The largest absolute Gasteiger partial charge is 0.452 e. The van der Waals surface area contributed by atoms with Crippen LogP contribution in [0.15, 0.2) is 41.3 Å². The van der Waals surface area contributed by atoms with Gasteiger partial charge in [-0.1, -0.05) is 23.2 Å². The molecule has 0 unspecified atom stereocenters. The Kier molecular flexibility index (Phi) is 7.37. The number of nitro groups is 1. The van der Waals surface area contributed by atoms with E-state index < -0.39 is 33.4 Å².